The van der Waals surface area contributed by atoms with Gasteiger partial charge in [-0.15, -0.1) is 0 Å². The molecule has 0 amide bonds. The number of ether oxygens (including phenoxy) is 3. The molecule has 150 valence electrons. The third kappa shape index (κ3) is 2.76. The Morgan fingerprint density at radius 2 is 2.04 bits per heavy atom. The molecule has 3 aliphatic rings. The Morgan fingerprint density at radius 1 is 1.37 bits per heavy atom. The highest BCUT2D eigenvalue weighted by atomic mass is 16.7. The number of methoxy groups -OCH3 is 1. The lowest BCUT2D eigenvalue weighted by Gasteiger charge is -2.58. The highest BCUT2D eigenvalue weighted by Crippen LogP contribution is 2.61. The number of hydrogen-bond donors (Lipinski definition) is 1. The van der Waals surface area contributed by atoms with Gasteiger partial charge >= 0.3 is 11.9 Å². The molecule has 0 saturated heterocycles. The van der Waals surface area contributed by atoms with Gasteiger partial charge in [0.25, 0.3) is 0 Å². The second kappa shape index (κ2) is 6.74. The van der Waals surface area contributed by atoms with Crippen molar-refractivity contribution in [3.05, 3.63) is 22.8 Å². The van der Waals surface area contributed by atoms with Gasteiger partial charge < -0.3 is 19.3 Å². The third-order valence-corrected chi connectivity index (χ3v) is 7.28. The second-order valence-corrected chi connectivity index (χ2v) is 8.34. The van der Waals surface area contributed by atoms with Crippen LogP contribution < -0.4 is 0 Å². The van der Waals surface area contributed by atoms with Crippen LogP contribution >= 0.6 is 0 Å². The van der Waals surface area contributed by atoms with Crippen molar-refractivity contribution < 1.29 is 28.9 Å². The van der Waals surface area contributed by atoms with Gasteiger partial charge in [-0.05, 0) is 45.4 Å². The van der Waals surface area contributed by atoms with Crippen LogP contribution in [0.2, 0.25) is 0 Å². The fourth-order valence-electron chi connectivity index (χ4n) is 5.09. The first-order valence-corrected chi connectivity index (χ1v) is 9.64. The molecule has 0 bridgehead atoms. The third-order valence-electron chi connectivity index (χ3n) is 7.28. The molecule has 27 heavy (non-hydrogen) atoms. The number of carbonyl (C=O) groups is 2. The molecule has 1 N–H and O–H groups in total. The molecule has 0 unspecified atom stereocenters. The molecule has 3 rings (SSSR count). The lowest BCUT2D eigenvalue weighted by molar-refractivity contribution is -0.242. The van der Waals surface area contributed by atoms with Crippen LogP contribution in [0.25, 0.3) is 0 Å². The van der Waals surface area contributed by atoms with Crippen molar-refractivity contribution in [2.45, 2.75) is 71.9 Å². The van der Waals surface area contributed by atoms with Crippen LogP contribution in [0.3, 0.4) is 0 Å². The number of carbonyl (C=O) groups excluding carboxylic acids is 2. The van der Waals surface area contributed by atoms with E-state index < -0.39 is 35.3 Å². The number of aliphatic hydroxyl groups excluding tert-OH is 1. The Morgan fingerprint density at radius 3 is 2.63 bits per heavy atom. The van der Waals surface area contributed by atoms with Crippen LogP contribution in [0.5, 0.6) is 0 Å². The molecule has 2 aliphatic carbocycles. The summed E-state index contributed by atoms with van der Waals surface area (Å²) in [6.07, 6.45) is 2.45. The molecule has 0 spiro atoms. The minimum Gasteiger partial charge on any atom is -0.454 e. The van der Waals surface area contributed by atoms with Gasteiger partial charge in [0.2, 0.25) is 5.79 Å². The average molecular weight is 378 g/mol. The van der Waals surface area contributed by atoms with E-state index in [1.54, 1.807) is 26.8 Å². The van der Waals surface area contributed by atoms with Crippen LogP contribution in [0.1, 0.15) is 53.9 Å². The first-order chi connectivity index (χ1) is 12.6. The van der Waals surface area contributed by atoms with Gasteiger partial charge in [0.1, 0.15) is 6.10 Å². The number of fused-ring (bicyclic) bond motifs is 2. The quantitative estimate of drug-likeness (QED) is 0.601. The molecule has 6 heteroatoms. The lowest BCUT2D eigenvalue weighted by Crippen LogP contribution is -2.62. The Labute approximate surface area is 160 Å². The summed E-state index contributed by atoms with van der Waals surface area (Å²) in [6.45, 7) is 9.21. The van der Waals surface area contributed by atoms with E-state index in [9.17, 15) is 14.7 Å². The molecule has 0 aromatic carbocycles. The molecule has 1 heterocycles. The second-order valence-electron chi connectivity index (χ2n) is 8.34. The van der Waals surface area contributed by atoms with Crippen molar-refractivity contribution >= 4 is 11.9 Å². The van der Waals surface area contributed by atoms with E-state index in [1.165, 1.54) is 7.11 Å². The number of esters is 2. The van der Waals surface area contributed by atoms with Crippen molar-refractivity contribution in [3.8, 4) is 0 Å². The van der Waals surface area contributed by atoms with Crippen LogP contribution in [0.4, 0.5) is 0 Å². The molecule has 6 nitrogen and oxygen atoms in total. The van der Waals surface area contributed by atoms with Crippen molar-refractivity contribution in [2.75, 3.05) is 7.11 Å². The molecule has 2 fully saturated rings. The van der Waals surface area contributed by atoms with Gasteiger partial charge in [-0.25, -0.2) is 9.59 Å². The standard InChI is InChI=1S/C21H30O6/c1-7-11(2)18(23)26-17-16-12(3)19(24)27-21(16,25-6)10-14-8-9-15(22)13(4)20(14,17)5/h7,13-15,17,22H,8-10H2,1-6H3/b11-7-/t13-,14+,15-,17+,20+,21+/m0/s1. The van der Waals surface area contributed by atoms with Gasteiger partial charge in [0, 0.05) is 30.1 Å². The largest absolute Gasteiger partial charge is 0.454 e. The summed E-state index contributed by atoms with van der Waals surface area (Å²) in [5.41, 5.74) is 0.997. The van der Waals surface area contributed by atoms with E-state index in [-0.39, 0.29) is 11.8 Å². The van der Waals surface area contributed by atoms with Gasteiger partial charge in [0.15, 0.2) is 0 Å². The molecule has 2 saturated carbocycles. The van der Waals surface area contributed by atoms with E-state index in [2.05, 4.69) is 6.92 Å². The smallest absolute Gasteiger partial charge is 0.336 e. The molecular weight excluding hydrogens is 348 g/mol. The first-order valence-electron chi connectivity index (χ1n) is 9.64. The SMILES string of the molecule is C/C=C(/C)C(=O)O[C@@H]1C2=C(C)C(=O)O[C@]2(OC)C[C@H]2CC[C@H](O)[C@H](C)[C@]21C. The zero-order valence-corrected chi connectivity index (χ0v) is 17.0. The number of aliphatic hydroxyl groups is 1. The highest BCUT2D eigenvalue weighted by molar-refractivity contribution is 5.93. The number of rotatable bonds is 3. The summed E-state index contributed by atoms with van der Waals surface area (Å²) in [5.74, 6) is -2.08. The minimum atomic E-state index is -1.19. The normalized spacial score (nSPS) is 41.7. The highest BCUT2D eigenvalue weighted by Gasteiger charge is 2.66. The van der Waals surface area contributed by atoms with E-state index in [4.69, 9.17) is 14.2 Å². The van der Waals surface area contributed by atoms with Gasteiger partial charge in [0.05, 0.1) is 11.7 Å². The topological polar surface area (TPSA) is 82.1 Å². The maximum Gasteiger partial charge on any atom is 0.336 e. The van der Waals surface area contributed by atoms with E-state index in [0.29, 0.717) is 29.6 Å². The van der Waals surface area contributed by atoms with E-state index >= 15 is 0 Å². The van der Waals surface area contributed by atoms with Crippen molar-refractivity contribution in [1.29, 1.82) is 0 Å². The summed E-state index contributed by atoms with van der Waals surface area (Å²) in [7, 11) is 1.52. The lowest BCUT2D eigenvalue weighted by atomic mass is 9.51. The Kier molecular flexibility index (Phi) is 5.02. The molecule has 6 atom stereocenters. The maximum absolute atomic E-state index is 12.7. The van der Waals surface area contributed by atoms with Gasteiger partial charge in [-0.1, -0.05) is 19.9 Å². The molecule has 0 radical (unpaired) electrons. The van der Waals surface area contributed by atoms with Gasteiger partial charge in [-0.3, -0.25) is 0 Å². The summed E-state index contributed by atoms with van der Waals surface area (Å²) in [5, 5.41) is 10.6. The van der Waals surface area contributed by atoms with Crippen LogP contribution in [-0.2, 0) is 23.8 Å². The fraction of sp³-hybridized carbons (Fsp3) is 0.714. The summed E-state index contributed by atoms with van der Waals surface area (Å²) < 4.78 is 17.4. The zero-order valence-electron chi connectivity index (χ0n) is 17.0. The van der Waals surface area contributed by atoms with E-state index in [0.717, 1.165) is 6.42 Å². The number of hydrogen-bond acceptors (Lipinski definition) is 6. The fourth-order valence-corrected chi connectivity index (χ4v) is 5.09. The summed E-state index contributed by atoms with van der Waals surface area (Å²) >= 11 is 0. The molecule has 0 aromatic heterocycles. The summed E-state index contributed by atoms with van der Waals surface area (Å²) in [6, 6.07) is 0. The Balaban J connectivity index is 2.16. The van der Waals surface area contributed by atoms with Crippen LogP contribution in [-0.4, -0.2) is 42.1 Å². The van der Waals surface area contributed by atoms with Gasteiger partial charge in [-0.2, -0.15) is 0 Å². The first kappa shape index (κ1) is 20.1. The van der Waals surface area contributed by atoms with E-state index in [1.807, 2.05) is 6.92 Å². The Hall–Kier alpha value is -1.66. The van der Waals surface area contributed by atoms with Crippen LogP contribution in [0.15, 0.2) is 22.8 Å². The zero-order chi connectivity index (χ0) is 20.1. The number of allylic oxidation sites excluding steroid dienone is 1. The van der Waals surface area contributed by atoms with Crippen molar-refractivity contribution in [3.63, 3.8) is 0 Å². The summed E-state index contributed by atoms with van der Waals surface area (Å²) in [4.78, 5) is 25.1. The minimum absolute atomic E-state index is 0.0852. The molecule has 0 aromatic rings. The predicted molar refractivity (Wildman–Crippen MR) is 98.5 cm³/mol. The van der Waals surface area contributed by atoms with Crippen LogP contribution in [0, 0.1) is 17.3 Å². The van der Waals surface area contributed by atoms with Crippen molar-refractivity contribution in [1.82, 2.24) is 0 Å². The molecule has 1 aliphatic heterocycles. The average Bonchev–Trinajstić information content (AvgIpc) is 2.90. The predicted octanol–water partition coefficient (Wildman–Crippen LogP) is 2.90. The monoisotopic (exact) mass is 378 g/mol. The maximum atomic E-state index is 12.7. The van der Waals surface area contributed by atoms with Crippen molar-refractivity contribution in [2.24, 2.45) is 17.3 Å². The Bertz CT molecular complexity index is 722. The molecular formula is C21H30O6.